The van der Waals surface area contributed by atoms with Crippen LogP contribution in [0.4, 0.5) is 0 Å². The summed E-state index contributed by atoms with van der Waals surface area (Å²) in [5, 5.41) is 22.0. The zero-order chi connectivity index (χ0) is 23.4. The average Bonchev–Trinajstić information content (AvgIpc) is 2.71. The van der Waals surface area contributed by atoms with E-state index in [0.717, 1.165) is 30.4 Å². The monoisotopic (exact) mass is 436 g/mol. The maximum Gasteiger partial charge on any atom is 0.220 e. The molecule has 4 heteroatoms. The smallest absolute Gasteiger partial charge is 0.220 e. The summed E-state index contributed by atoms with van der Waals surface area (Å²) in [6.07, 6.45) is 9.16. The van der Waals surface area contributed by atoms with Crippen molar-refractivity contribution in [2.75, 3.05) is 0 Å². The summed E-state index contributed by atoms with van der Waals surface area (Å²) in [5.74, 6) is 0.272. The zero-order valence-electron chi connectivity index (χ0n) is 20.2. The van der Waals surface area contributed by atoms with Crippen LogP contribution in [-0.2, 0) is 9.59 Å². The second-order valence-electron chi connectivity index (χ2n) is 12.2. The molecule has 5 aliphatic rings. The first-order valence-electron chi connectivity index (χ1n) is 12.1. The Morgan fingerprint density at radius 2 is 1.75 bits per heavy atom. The molecule has 5 aliphatic carbocycles. The van der Waals surface area contributed by atoms with Crippen LogP contribution in [0.3, 0.4) is 0 Å². The number of carbonyl (C=O) groups is 2. The molecule has 4 nitrogen and oxygen atoms in total. The summed E-state index contributed by atoms with van der Waals surface area (Å²) >= 11 is 0. The molecule has 32 heavy (non-hydrogen) atoms. The highest BCUT2D eigenvalue weighted by Gasteiger charge is 2.69. The molecular formula is C28H36O4. The van der Waals surface area contributed by atoms with Gasteiger partial charge in [-0.1, -0.05) is 52.3 Å². The van der Waals surface area contributed by atoms with Gasteiger partial charge in [-0.3, -0.25) is 9.59 Å². The molecule has 2 N–H and O–H groups in total. The zero-order valence-corrected chi connectivity index (χ0v) is 20.2. The third-order valence-corrected chi connectivity index (χ3v) is 10.7. The molecule has 0 heterocycles. The van der Waals surface area contributed by atoms with E-state index >= 15 is 0 Å². The number of ketones is 2. The van der Waals surface area contributed by atoms with Gasteiger partial charge in [-0.05, 0) is 66.6 Å². The normalized spacial score (nSPS) is 48.1. The Morgan fingerprint density at radius 3 is 2.44 bits per heavy atom. The van der Waals surface area contributed by atoms with Crippen LogP contribution in [0.2, 0.25) is 0 Å². The quantitative estimate of drug-likeness (QED) is 0.534. The lowest BCUT2D eigenvalue weighted by atomic mass is 9.34. The molecule has 0 bridgehead atoms. The minimum Gasteiger partial charge on any atom is -0.504 e. The van der Waals surface area contributed by atoms with Crippen LogP contribution in [-0.4, -0.2) is 27.9 Å². The van der Waals surface area contributed by atoms with E-state index in [1.807, 2.05) is 13.0 Å². The Labute approximate surface area is 191 Å². The number of hydrogen-bond donors (Lipinski definition) is 2. The van der Waals surface area contributed by atoms with Gasteiger partial charge >= 0.3 is 0 Å². The van der Waals surface area contributed by atoms with E-state index in [1.165, 1.54) is 5.57 Å². The first kappa shape index (κ1) is 21.9. The molecule has 7 atom stereocenters. The van der Waals surface area contributed by atoms with Crippen molar-refractivity contribution in [3.63, 3.8) is 0 Å². The molecule has 172 valence electrons. The summed E-state index contributed by atoms with van der Waals surface area (Å²) in [5.41, 5.74) is 2.63. The van der Waals surface area contributed by atoms with Gasteiger partial charge in [0.15, 0.2) is 5.76 Å². The number of allylic oxidation sites excluding steroid dienone is 6. The molecule has 3 fully saturated rings. The van der Waals surface area contributed by atoms with Gasteiger partial charge in [0, 0.05) is 28.7 Å². The second kappa shape index (κ2) is 6.34. The van der Waals surface area contributed by atoms with Crippen molar-refractivity contribution in [2.24, 2.45) is 33.5 Å². The van der Waals surface area contributed by atoms with Crippen LogP contribution in [0.1, 0.15) is 73.6 Å². The number of fused-ring (bicyclic) bond motifs is 7. The molecule has 0 aliphatic heterocycles. The lowest BCUT2D eigenvalue weighted by Gasteiger charge is -2.70. The first-order valence-corrected chi connectivity index (χ1v) is 12.1. The van der Waals surface area contributed by atoms with Crippen molar-refractivity contribution in [2.45, 2.75) is 79.8 Å². The fourth-order valence-corrected chi connectivity index (χ4v) is 8.50. The summed E-state index contributed by atoms with van der Waals surface area (Å²) in [6.45, 7) is 12.9. The Balaban J connectivity index is 1.69. The molecule has 0 aromatic rings. The summed E-state index contributed by atoms with van der Waals surface area (Å²) in [4.78, 5) is 25.2. The highest BCUT2D eigenvalue weighted by atomic mass is 16.3. The molecule has 0 saturated heterocycles. The SMILES string of the molecule is CC1=C(O)C(=O)C=C2C1=CC=C1C2(C)CCC2(C)C3CC(C)C(=O)CC3(C)CC(O)C12C. The molecule has 0 radical (unpaired) electrons. The second-order valence-corrected chi connectivity index (χ2v) is 12.2. The summed E-state index contributed by atoms with van der Waals surface area (Å²) < 4.78 is 0. The highest BCUT2D eigenvalue weighted by Crippen LogP contribution is 2.74. The molecule has 0 spiro atoms. The number of aliphatic hydroxyl groups excluding tert-OH is 2. The maximum absolute atomic E-state index is 12.7. The van der Waals surface area contributed by atoms with Crippen LogP contribution < -0.4 is 0 Å². The number of aliphatic hydroxyl groups is 2. The standard InChI is InChI=1S/C28H36O4/c1-15-11-22-25(3,13-20(15)30)14-23(31)28(6)21-8-7-17-16(2)24(32)19(29)12-18(17)26(21,4)9-10-27(22,28)5/h7-8,12,15,22-23,31-32H,9-11,13-14H2,1-6H3. The number of carbonyl (C=O) groups excluding carboxylic acids is 2. The van der Waals surface area contributed by atoms with Crippen molar-refractivity contribution >= 4 is 11.6 Å². The van der Waals surface area contributed by atoms with Crippen molar-refractivity contribution in [1.82, 2.24) is 0 Å². The molecule has 3 saturated carbocycles. The van der Waals surface area contributed by atoms with Gasteiger partial charge in [-0.15, -0.1) is 0 Å². The third kappa shape index (κ3) is 2.37. The molecular weight excluding hydrogens is 400 g/mol. The van der Waals surface area contributed by atoms with Crippen LogP contribution in [0.15, 0.2) is 46.3 Å². The lowest BCUT2D eigenvalue weighted by molar-refractivity contribution is -0.201. The van der Waals surface area contributed by atoms with Gasteiger partial charge < -0.3 is 10.2 Å². The van der Waals surface area contributed by atoms with Crippen LogP contribution >= 0.6 is 0 Å². The summed E-state index contributed by atoms with van der Waals surface area (Å²) in [6, 6.07) is 0. The van der Waals surface area contributed by atoms with Crippen molar-refractivity contribution < 1.29 is 19.8 Å². The lowest BCUT2D eigenvalue weighted by Crippen LogP contribution is -2.66. The molecule has 7 unspecified atom stereocenters. The van der Waals surface area contributed by atoms with Gasteiger partial charge in [0.25, 0.3) is 0 Å². The van der Waals surface area contributed by atoms with E-state index in [1.54, 1.807) is 6.08 Å². The van der Waals surface area contributed by atoms with E-state index < -0.39 is 11.5 Å². The topological polar surface area (TPSA) is 74.6 Å². The van der Waals surface area contributed by atoms with E-state index in [0.29, 0.717) is 30.1 Å². The number of hydrogen-bond acceptors (Lipinski definition) is 4. The van der Waals surface area contributed by atoms with Gasteiger partial charge in [0.1, 0.15) is 5.78 Å². The Bertz CT molecular complexity index is 1070. The van der Waals surface area contributed by atoms with E-state index in [-0.39, 0.29) is 33.7 Å². The Morgan fingerprint density at radius 1 is 1.06 bits per heavy atom. The fraction of sp³-hybridized carbons (Fsp3) is 0.643. The molecule has 0 aromatic carbocycles. The van der Waals surface area contributed by atoms with E-state index in [2.05, 4.69) is 40.7 Å². The van der Waals surface area contributed by atoms with E-state index in [9.17, 15) is 19.8 Å². The predicted molar refractivity (Wildman–Crippen MR) is 124 cm³/mol. The number of Topliss-reactive ketones (excluding diaryl/α,β-unsaturated/α-hetero) is 1. The maximum atomic E-state index is 12.7. The minimum atomic E-state index is -0.555. The van der Waals surface area contributed by atoms with Gasteiger partial charge in [-0.25, -0.2) is 0 Å². The van der Waals surface area contributed by atoms with Crippen LogP contribution in [0, 0.1) is 33.5 Å². The summed E-state index contributed by atoms with van der Waals surface area (Å²) in [7, 11) is 0. The van der Waals surface area contributed by atoms with E-state index in [4.69, 9.17) is 0 Å². The fourth-order valence-electron chi connectivity index (χ4n) is 8.50. The van der Waals surface area contributed by atoms with Gasteiger partial charge in [0.2, 0.25) is 5.78 Å². The molecule has 0 aromatic heterocycles. The molecule has 0 amide bonds. The Hall–Kier alpha value is -1.94. The largest absolute Gasteiger partial charge is 0.504 e. The third-order valence-electron chi connectivity index (χ3n) is 10.7. The van der Waals surface area contributed by atoms with Crippen molar-refractivity contribution in [3.05, 3.63) is 46.3 Å². The highest BCUT2D eigenvalue weighted by molar-refractivity contribution is 6.06. The predicted octanol–water partition coefficient (Wildman–Crippen LogP) is 5.39. The Kier molecular flexibility index (Phi) is 4.34. The minimum absolute atomic E-state index is 0.0685. The number of rotatable bonds is 0. The van der Waals surface area contributed by atoms with Crippen LogP contribution in [0.5, 0.6) is 0 Å². The van der Waals surface area contributed by atoms with Crippen LogP contribution in [0.25, 0.3) is 0 Å². The van der Waals surface area contributed by atoms with Crippen molar-refractivity contribution in [3.8, 4) is 0 Å². The average molecular weight is 437 g/mol. The van der Waals surface area contributed by atoms with Gasteiger partial charge in [-0.2, -0.15) is 0 Å². The molecule has 5 rings (SSSR count). The van der Waals surface area contributed by atoms with Crippen molar-refractivity contribution in [1.29, 1.82) is 0 Å². The van der Waals surface area contributed by atoms with Gasteiger partial charge in [0.05, 0.1) is 6.10 Å². The first-order chi connectivity index (χ1) is 14.8.